The Morgan fingerprint density at radius 1 is 1.11 bits per heavy atom. The molecule has 1 amide bonds. The summed E-state index contributed by atoms with van der Waals surface area (Å²) >= 11 is 0. The van der Waals surface area contributed by atoms with Crippen molar-refractivity contribution in [2.75, 3.05) is 13.2 Å². The molecule has 19 heavy (non-hydrogen) atoms. The molecule has 7 heteroatoms. The second-order valence-electron chi connectivity index (χ2n) is 4.14. The van der Waals surface area contributed by atoms with Gasteiger partial charge >= 0.3 is 18.1 Å². The van der Waals surface area contributed by atoms with Gasteiger partial charge in [0.1, 0.15) is 0 Å². The lowest BCUT2D eigenvalue weighted by atomic mass is 10.2. The van der Waals surface area contributed by atoms with Crippen molar-refractivity contribution in [3.05, 3.63) is 0 Å². The Balaban J connectivity index is 3.41. The topological polar surface area (TPSA) is 55.4 Å². The van der Waals surface area contributed by atoms with Crippen LogP contribution in [0, 0.1) is 0 Å². The molecule has 0 saturated carbocycles. The number of rotatable bonds is 9. The summed E-state index contributed by atoms with van der Waals surface area (Å²) in [7, 11) is 0. The van der Waals surface area contributed by atoms with E-state index in [0.717, 1.165) is 12.8 Å². The molecule has 0 bridgehead atoms. The monoisotopic (exact) mass is 283 g/mol. The van der Waals surface area contributed by atoms with Gasteiger partial charge in [-0.05, 0) is 19.3 Å². The van der Waals surface area contributed by atoms with Crippen LogP contribution in [0.25, 0.3) is 0 Å². The van der Waals surface area contributed by atoms with E-state index in [4.69, 9.17) is 4.74 Å². The number of carbonyl (C=O) groups is 2. The molecule has 0 heterocycles. The summed E-state index contributed by atoms with van der Waals surface area (Å²) in [6, 6.07) is 0. The molecule has 0 radical (unpaired) electrons. The normalized spacial score (nSPS) is 11.2. The van der Waals surface area contributed by atoms with E-state index < -0.39 is 12.1 Å². The van der Waals surface area contributed by atoms with Gasteiger partial charge < -0.3 is 10.1 Å². The van der Waals surface area contributed by atoms with Gasteiger partial charge in [-0.1, -0.05) is 19.8 Å². The van der Waals surface area contributed by atoms with Crippen molar-refractivity contribution in [1.29, 1.82) is 0 Å². The Hall–Kier alpha value is -1.27. The fraction of sp³-hybridized carbons (Fsp3) is 0.833. The highest BCUT2D eigenvalue weighted by Crippen LogP contribution is 2.14. The van der Waals surface area contributed by atoms with E-state index in [1.54, 1.807) is 5.32 Å². The van der Waals surface area contributed by atoms with Gasteiger partial charge in [0.15, 0.2) is 0 Å². The van der Waals surface area contributed by atoms with Crippen LogP contribution in [0.5, 0.6) is 0 Å². The summed E-state index contributed by atoms with van der Waals surface area (Å²) in [5.41, 5.74) is 0. The van der Waals surface area contributed by atoms with E-state index in [0.29, 0.717) is 25.9 Å². The molecule has 4 nitrogen and oxygen atoms in total. The smallest absolute Gasteiger partial charge is 0.466 e. The van der Waals surface area contributed by atoms with Crippen LogP contribution < -0.4 is 5.32 Å². The number of ether oxygens (including phenoxy) is 1. The average Bonchev–Trinajstić information content (AvgIpc) is 2.32. The summed E-state index contributed by atoms with van der Waals surface area (Å²) in [4.78, 5) is 21.6. The third-order valence-electron chi connectivity index (χ3n) is 2.36. The van der Waals surface area contributed by atoms with Crippen LogP contribution in [-0.2, 0) is 14.3 Å². The Kier molecular flexibility index (Phi) is 8.99. The molecule has 0 aliphatic rings. The zero-order valence-electron chi connectivity index (χ0n) is 11.0. The first-order valence-electron chi connectivity index (χ1n) is 6.38. The number of esters is 1. The van der Waals surface area contributed by atoms with E-state index in [9.17, 15) is 22.8 Å². The maximum absolute atomic E-state index is 11.8. The molecular formula is C12H20F3NO3. The fourth-order valence-electron chi connectivity index (χ4n) is 1.28. The summed E-state index contributed by atoms with van der Waals surface area (Å²) in [6.45, 7) is 2.36. The molecule has 0 aliphatic carbocycles. The van der Waals surface area contributed by atoms with E-state index in [1.807, 2.05) is 6.92 Å². The van der Waals surface area contributed by atoms with Crippen molar-refractivity contribution >= 4 is 11.9 Å². The largest absolute Gasteiger partial charge is 0.471 e. The molecule has 0 aliphatic heterocycles. The molecule has 0 aromatic heterocycles. The highest BCUT2D eigenvalue weighted by Gasteiger charge is 2.38. The van der Waals surface area contributed by atoms with Crippen LogP contribution in [0.15, 0.2) is 0 Å². The number of unbranched alkanes of at least 4 members (excludes halogenated alkanes) is 3. The minimum Gasteiger partial charge on any atom is -0.466 e. The number of hydrogen-bond acceptors (Lipinski definition) is 3. The molecule has 0 atom stereocenters. The maximum Gasteiger partial charge on any atom is 0.471 e. The van der Waals surface area contributed by atoms with Crippen molar-refractivity contribution in [3.8, 4) is 0 Å². The number of alkyl halides is 3. The van der Waals surface area contributed by atoms with Crippen LogP contribution in [0.1, 0.15) is 45.4 Å². The summed E-state index contributed by atoms with van der Waals surface area (Å²) in [5.74, 6) is -2.21. The standard InChI is InChI=1S/C12H20F3NO3/c1-2-3-9-19-10(17)7-5-4-6-8-16-11(18)12(13,14)15/h2-9H2,1H3,(H,16,18). The minimum absolute atomic E-state index is 0.0385. The number of nitrogens with one attached hydrogen (secondary N) is 1. The molecule has 112 valence electrons. The predicted octanol–water partition coefficient (Wildman–Crippen LogP) is 2.57. The van der Waals surface area contributed by atoms with Gasteiger partial charge in [0.25, 0.3) is 0 Å². The first-order valence-corrected chi connectivity index (χ1v) is 6.38. The second-order valence-corrected chi connectivity index (χ2v) is 4.14. The first kappa shape index (κ1) is 17.7. The molecule has 0 aromatic rings. The zero-order chi connectivity index (χ0) is 14.7. The maximum atomic E-state index is 11.8. The quantitative estimate of drug-likeness (QED) is 0.522. The summed E-state index contributed by atoms with van der Waals surface area (Å²) in [6.07, 6.45) is -1.26. The second kappa shape index (κ2) is 9.63. The van der Waals surface area contributed by atoms with Gasteiger partial charge in [-0.15, -0.1) is 0 Å². The lowest BCUT2D eigenvalue weighted by Gasteiger charge is -2.07. The van der Waals surface area contributed by atoms with Gasteiger partial charge in [-0.2, -0.15) is 13.2 Å². The number of amides is 1. The van der Waals surface area contributed by atoms with E-state index in [-0.39, 0.29) is 18.9 Å². The average molecular weight is 283 g/mol. The Morgan fingerprint density at radius 2 is 1.79 bits per heavy atom. The van der Waals surface area contributed by atoms with Crippen molar-refractivity contribution in [2.24, 2.45) is 0 Å². The van der Waals surface area contributed by atoms with Crippen molar-refractivity contribution in [3.63, 3.8) is 0 Å². The van der Waals surface area contributed by atoms with Crippen LogP contribution in [0.4, 0.5) is 13.2 Å². The molecule has 0 saturated heterocycles. The molecule has 1 N–H and O–H groups in total. The first-order chi connectivity index (χ1) is 8.88. The molecule has 0 aromatic carbocycles. The third kappa shape index (κ3) is 10.3. The fourth-order valence-corrected chi connectivity index (χ4v) is 1.28. The van der Waals surface area contributed by atoms with Crippen LogP contribution in [-0.4, -0.2) is 31.2 Å². The highest BCUT2D eigenvalue weighted by molar-refractivity contribution is 5.81. The number of halogens is 3. The number of hydrogen-bond donors (Lipinski definition) is 1. The minimum atomic E-state index is -4.83. The molecule has 0 unspecified atom stereocenters. The van der Waals surface area contributed by atoms with Gasteiger partial charge in [0.2, 0.25) is 0 Å². The highest BCUT2D eigenvalue weighted by atomic mass is 19.4. The Bertz CT molecular complexity index is 280. The zero-order valence-corrected chi connectivity index (χ0v) is 11.0. The molecule has 0 rings (SSSR count). The third-order valence-corrected chi connectivity index (χ3v) is 2.36. The van der Waals surface area contributed by atoms with Crippen molar-refractivity contribution in [1.82, 2.24) is 5.32 Å². The molecule has 0 spiro atoms. The van der Waals surface area contributed by atoms with Crippen molar-refractivity contribution in [2.45, 2.75) is 51.6 Å². The van der Waals surface area contributed by atoms with Gasteiger partial charge in [-0.25, -0.2) is 0 Å². The Labute approximate surface area is 110 Å². The van der Waals surface area contributed by atoms with E-state index in [1.165, 1.54) is 0 Å². The lowest BCUT2D eigenvalue weighted by Crippen LogP contribution is -2.37. The SMILES string of the molecule is CCCCOC(=O)CCCCCNC(=O)C(F)(F)F. The van der Waals surface area contributed by atoms with E-state index >= 15 is 0 Å². The van der Waals surface area contributed by atoms with Crippen LogP contribution in [0.2, 0.25) is 0 Å². The molecular weight excluding hydrogens is 263 g/mol. The molecule has 0 fully saturated rings. The lowest BCUT2D eigenvalue weighted by molar-refractivity contribution is -0.173. The van der Waals surface area contributed by atoms with Gasteiger partial charge in [0, 0.05) is 13.0 Å². The van der Waals surface area contributed by atoms with Gasteiger partial charge in [0.05, 0.1) is 6.61 Å². The predicted molar refractivity (Wildman–Crippen MR) is 63.4 cm³/mol. The van der Waals surface area contributed by atoms with Crippen molar-refractivity contribution < 1.29 is 27.5 Å². The Morgan fingerprint density at radius 3 is 2.37 bits per heavy atom. The summed E-state index contributed by atoms with van der Waals surface area (Å²) < 4.78 is 40.3. The van der Waals surface area contributed by atoms with Crippen LogP contribution >= 0.6 is 0 Å². The van der Waals surface area contributed by atoms with E-state index in [2.05, 4.69) is 0 Å². The summed E-state index contributed by atoms with van der Waals surface area (Å²) in [5, 5.41) is 1.77. The van der Waals surface area contributed by atoms with Gasteiger partial charge in [-0.3, -0.25) is 9.59 Å². The van der Waals surface area contributed by atoms with Crippen LogP contribution in [0.3, 0.4) is 0 Å². The number of carbonyl (C=O) groups excluding carboxylic acids is 2.